The Kier molecular flexibility index (Phi) is 4.57. The predicted molar refractivity (Wildman–Crippen MR) is 80.7 cm³/mol. The molecule has 0 amide bonds. The number of halogens is 1. The van der Waals surface area contributed by atoms with E-state index in [-0.39, 0.29) is 0 Å². The summed E-state index contributed by atoms with van der Waals surface area (Å²) in [6, 6.07) is 0. The van der Waals surface area contributed by atoms with Gasteiger partial charge in [-0.05, 0) is 44.1 Å². The molecule has 0 aliphatic heterocycles. The molecule has 0 saturated heterocycles. The van der Waals surface area contributed by atoms with E-state index in [0.29, 0.717) is 11.3 Å². The van der Waals surface area contributed by atoms with Crippen LogP contribution in [0.5, 0.6) is 0 Å². The number of nitrogens with one attached hydrogen (secondary N) is 1. The van der Waals surface area contributed by atoms with E-state index >= 15 is 0 Å². The summed E-state index contributed by atoms with van der Waals surface area (Å²) in [5.41, 5.74) is 2.74. The lowest BCUT2D eigenvalue weighted by Crippen LogP contribution is -2.42. The molecule has 4 heteroatoms. The van der Waals surface area contributed by atoms with Crippen LogP contribution in [0.4, 0.5) is 0 Å². The van der Waals surface area contributed by atoms with Gasteiger partial charge in [-0.1, -0.05) is 31.9 Å². The highest BCUT2D eigenvalue weighted by atomic mass is 35.5. The van der Waals surface area contributed by atoms with Crippen LogP contribution in [-0.4, -0.2) is 22.9 Å². The highest BCUT2D eigenvalue weighted by Crippen LogP contribution is 2.44. The molecular weight excluding hydrogens is 258 g/mol. The van der Waals surface area contributed by atoms with E-state index in [1.807, 2.05) is 7.05 Å². The van der Waals surface area contributed by atoms with Crippen molar-refractivity contribution in [2.45, 2.75) is 46.5 Å². The van der Waals surface area contributed by atoms with Gasteiger partial charge in [-0.3, -0.25) is 4.68 Å². The summed E-state index contributed by atoms with van der Waals surface area (Å²) in [4.78, 5) is 0. The van der Waals surface area contributed by atoms with Crippen LogP contribution in [0.15, 0.2) is 0 Å². The molecule has 1 heterocycles. The highest BCUT2D eigenvalue weighted by Gasteiger charge is 2.38. The largest absolute Gasteiger partial charge is 0.316 e. The lowest BCUT2D eigenvalue weighted by molar-refractivity contribution is 0.128. The average Bonchev–Trinajstić information content (AvgIpc) is 2.51. The minimum absolute atomic E-state index is 0.409. The van der Waals surface area contributed by atoms with Gasteiger partial charge in [0.1, 0.15) is 5.15 Å². The zero-order valence-corrected chi connectivity index (χ0v) is 13.3. The Balaban J connectivity index is 2.02. The van der Waals surface area contributed by atoms with Crippen molar-refractivity contribution in [2.24, 2.45) is 18.4 Å². The number of hydrogen-bond donors (Lipinski definition) is 1. The third-order valence-corrected chi connectivity index (χ3v) is 4.76. The Bertz CT molecular complexity index is 433. The molecule has 1 aliphatic carbocycles. The van der Waals surface area contributed by atoms with E-state index < -0.39 is 0 Å². The lowest BCUT2D eigenvalue weighted by Gasteiger charge is -2.42. The Morgan fingerprint density at radius 2 is 2.11 bits per heavy atom. The maximum absolute atomic E-state index is 6.37. The fourth-order valence-corrected chi connectivity index (χ4v) is 3.21. The quantitative estimate of drug-likeness (QED) is 0.868. The smallest absolute Gasteiger partial charge is 0.130 e. The topological polar surface area (TPSA) is 29.9 Å². The summed E-state index contributed by atoms with van der Waals surface area (Å²) in [7, 11) is 1.92. The van der Waals surface area contributed by atoms with Crippen LogP contribution in [0.25, 0.3) is 0 Å². The van der Waals surface area contributed by atoms with Gasteiger partial charge in [0.2, 0.25) is 0 Å². The Hall–Kier alpha value is -0.540. The summed E-state index contributed by atoms with van der Waals surface area (Å²) in [6.07, 6.45) is 5.03. The molecule has 2 rings (SSSR count). The number of nitrogens with zero attached hydrogens (tertiary/aromatic N) is 2. The minimum atomic E-state index is 0.409. The zero-order chi connectivity index (χ0) is 14.0. The Morgan fingerprint density at radius 1 is 1.42 bits per heavy atom. The monoisotopic (exact) mass is 283 g/mol. The first kappa shape index (κ1) is 14.9. The first-order chi connectivity index (χ1) is 8.93. The number of aromatic nitrogens is 2. The molecule has 0 bridgehead atoms. The van der Waals surface area contributed by atoms with Gasteiger partial charge < -0.3 is 5.32 Å². The molecule has 108 valence electrons. The van der Waals surface area contributed by atoms with Crippen molar-refractivity contribution >= 4 is 11.6 Å². The standard InChI is InChI=1S/C15H26ClN3/c1-11(2)9-17-10-15(6-5-7-15)8-13-12(3)18-19(4)14(13)16/h11,17H,5-10H2,1-4H3. The molecule has 0 spiro atoms. The minimum Gasteiger partial charge on any atom is -0.316 e. The molecule has 1 aliphatic rings. The van der Waals surface area contributed by atoms with Crippen LogP contribution >= 0.6 is 11.6 Å². The second kappa shape index (κ2) is 5.84. The SMILES string of the molecule is Cc1nn(C)c(Cl)c1CC1(CNCC(C)C)CCC1. The normalized spacial score (nSPS) is 17.8. The van der Waals surface area contributed by atoms with Gasteiger partial charge in [-0.15, -0.1) is 0 Å². The molecule has 1 aromatic rings. The van der Waals surface area contributed by atoms with Crippen LogP contribution in [0, 0.1) is 18.3 Å². The molecule has 3 nitrogen and oxygen atoms in total. The maximum atomic E-state index is 6.37. The second-order valence-corrected chi connectivity index (χ2v) is 6.89. The molecule has 0 radical (unpaired) electrons. The van der Waals surface area contributed by atoms with Crippen LogP contribution in [0.1, 0.15) is 44.4 Å². The van der Waals surface area contributed by atoms with Crippen LogP contribution in [0.3, 0.4) is 0 Å². The van der Waals surface area contributed by atoms with Crippen molar-refractivity contribution in [3.8, 4) is 0 Å². The third-order valence-electron chi connectivity index (χ3n) is 4.29. The molecule has 0 atom stereocenters. The van der Waals surface area contributed by atoms with Crippen molar-refractivity contribution in [1.29, 1.82) is 0 Å². The van der Waals surface area contributed by atoms with Crippen molar-refractivity contribution in [1.82, 2.24) is 15.1 Å². The summed E-state index contributed by atoms with van der Waals surface area (Å²) in [5.74, 6) is 0.709. The molecule has 1 N–H and O–H groups in total. The van der Waals surface area contributed by atoms with E-state index in [0.717, 1.165) is 30.4 Å². The summed E-state index contributed by atoms with van der Waals surface area (Å²) < 4.78 is 1.79. The van der Waals surface area contributed by atoms with Gasteiger partial charge in [0.05, 0.1) is 5.69 Å². The fraction of sp³-hybridized carbons (Fsp3) is 0.800. The van der Waals surface area contributed by atoms with Crippen molar-refractivity contribution in [2.75, 3.05) is 13.1 Å². The average molecular weight is 284 g/mol. The number of aryl methyl sites for hydroxylation is 2. The summed E-state index contributed by atoms with van der Waals surface area (Å²) in [6.45, 7) is 8.78. The van der Waals surface area contributed by atoms with Crippen LogP contribution in [0.2, 0.25) is 5.15 Å². The number of hydrogen-bond acceptors (Lipinski definition) is 2. The van der Waals surface area contributed by atoms with Gasteiger partial charge in [-0.2, -0.15) is 5.10 Å². The van der Waals surface area contributed by atoms with Gasteiger partial charge in [-0.25, -0.2) is 0 Å². The van der Waals surface area contributed by atoms with E-state index in [4.69, 9.17) is 11.6 Å². The van der Waals surface area contributed by atoms with Gasteiger partial charge >= 0.3 is 0 Å². The Morgan fingerprint density at radius 3 is 2.53 bits per heavy atom. The van der Waals surface area contributed by atoms with Crippen molar-refractivity contribution in [3.05, 3.63) is 16.4 Å². The van der Waals surface area contributed by atoms with Crippen LogP contribution < -0.4 is 5.32 Å². The molecule has 19 heavy (non-hydrogen) atoms. The van der Waals surface area contributed by atoms with E-state index in [9.17, 15) is 0 Å². The Labute approximate surface area is 121 Å². The molecule has 0 aromatic carbocycles. The first-order valence-corrected chi connectivity index (χ1v) is 7.70. The first-order valence-electron chi connectivity index (χ1n) is 7.32. The lowest BCUT2D eigenvalue weighted by atomic mass is 9.65. The maximum Gasteiger partial charge on any atom is 0.130 e. The van der Waals surface area contributed by atoms with Crippen molar-refractivity contribution < 1.29 is 0 Å². The van der Waals surface area contributed by atoms with Gasteiger partial charge in [0.25, 0.3) is 0 Å². The molecule has 1 fully saturated rings. The van der Waals surface area contributed by atoms with Crippen molar-refractivity contribution in [3.63, 3.8) is 0 Å². The summed E-state index contributed by atoms with van der Waals surface area (Å²) >= 11 is 6.37. The zero-order valence-electron chi connectivity index (χ0n) is 12.6. The fourth-order valence-electron chi connectivity index (χ4n) is 2.97. The van der Waals surface area contributed by atoms with E-state index in [1.54, 1.807) is 4.68 Å². The van der Waals surface area contributed by atoms with Gasteiger partial charge in [0, 0.05) is 19.2 Å². The van der Waals surface area contributed by atoms with Gasteiger partial charge in [0.15, 0.2) is 0 Å². The molecule has 1 aromatic heterocycles. The predicted octanol–water partition coefficient (Wildman–Crippen LogP) is 3.34. The van der Waals surface area contributed by atoms with Crippen LogP contribution in [-0.2, 0) is 13.5 Å². The highest BCUT2D eigenvalue weighted by molar-refractivity contribution is 6.30. The molecular formula is C15H26ClN3. The molecule has 0 unspecified atom stereocenters. The number of rotatable bonds is 6. The summed E-state index contributed by atoms with van der Waals surface area (Å²) in [5, 5.41) is 8.86. The van der Waals surface area contributed by atoms with E-state index in [2.05, 4.69) is 31.2 Å². The van der Waals surface area contributed by atoms with E-state index in [1.165, 1.54) is 24.8 Å². The third kappa shape index (κ3) is 3.32. The second-order valence-electron chi connectivity index (χ2n) is 6.53. The molecule has 1 saturated carbocycles.